The smallest absolute Gasteiger partial charge is 0.329 e. The molecule has 21 heavy (non-hydrogen) atoms. The standard InChI is InChI=1S/C14H20N2O4S/c1-14(2,3)20-16(10-17)12(13(18)19)9-21-8-11-6-4-5-7-15-11/h4-7,10,12H,8-9H2,1-3H3,(H,18,19)/t12-/m0/s1. The Labute approximate surface area is 128 Å². The normalized spacial score (nSPS) is 12.7. The van der Waals surface area contributed by atoms with E-state index < -0.39 is 17.6 Å². The van der Waals surface area contributed by atoms with Gasteiger partial charge in [-0.25, -0.2) is 9.86 Å². The molecule has 0 aromatic carbocycles. The minimum Gasteiger partial charge on any atom is -0.480 e. The van der Waals surface area contributed by atoms with Gasteiger partial charge in [-0.15, -0.1) is 0 Å². The molecular formula is C14H20N2O4S. The number of carboxylic acids is 1. The molecule has 0 bridgehead atoms. The number of aromatic nitrogens is 1. The first-order valence-corrected chi connectivity index (χ1v) is 7.62. The number of aliphatic carboxylic acids is 1. The van der Waals surface area contributed by atoms with Crippen LogP contribution in [0.1, 0.15) is 26.5 Å². The van der Waals surface area contributed by atoms with Gasteiger partial charge in [0.25, 0.3) is 0 Å². The van der Waals surface area contributed by atoms with Gasteiger partial charge in [-0.3, -0.25) is 14.6 Å². The first-order chi connectivity index (χ1) is 9.83. The second kappa shape index (κ2) is 7.99. The number of pyridine rings is 1. The van der Waals surface area contributed by atoms with Crippen LogP contribution in [0.2, 0.25) is 0 Å². The quantitative estimate of drug-likeness (QED) is 0.584. The minimum absolute atomic E-state index is 0.223. The number of carboxylic acid groups (broad SMARTS) is 1. The van der Waals surface area contributed by atoms with Crippen LogP contribution in [0.5, 0.6) is 0 Å². The fraction of sp³-hybridized carbons (Fsp3) is 0.500. The number of carbonyl (C=O) groups excluding carboxylic acids is 1. The fourth-order valence-corrected chi connectivity index (χ4v) is 2.50. The summed E-state index contributed by atoms with van der Waals surface area (Å²) in [5, 5.41) is 10.1. The van der Waals surface area contributed by atoms with Crippen LogP contribution in [0, 0.1) is 0 Å². The van der Waals surface area contributed by atoms with Crippen molar-refractivity contribution in [2.24, 2.45) is 0 Å². The summed E-state index contributed by atoms with van der Waals surface area (Å²) in [5.74, 6) is -0.298. The van der Waals surface area contributed by atoms with Crippen LogP contribution in [-0.2, 0) is 20.2 Å². The predicted molar refractivity (Wildman–Crippen MR) is 80.6 cm³/mol. The zero-order valence-corrected chi connectivity index (χ0v) is 13.2. The molecule has 0 radical (unpaired) electrons. The molecule has 1 atom stereocenters. The SMILES string of the molecule is CC(C)(C)ON(C=O)[C@@H](CSCc1ccccn1)C(=O)O. The van der Waals surface area contributed by atoms with Gasteiger partial charge in [-0.1, -0.05) is 6.07 Å². The van der Waals surface area contributed by atoms with Crippen molar-refractivity contribution in [1.82, 2.24) is 10.0 Å². The Morgan fingerprint density at radius 1 is 1.52 bits per heavy atom. The Morgan fingerprint density at radius 2 is 2.24 bits per heavy atom. The molecule has 116 valence electrons. The van der Waals surface area contributed by atoms with Gasteiger partial charge in [0.1, 0.15) is 0 Å². The van der Waals surface area contributed by atoms with Gasteiger partial charge in [0.05, 0.1) is 11.3 Å². The first kappa shape index (κ1) is 17.5. The average molecular weight is 312 g/mol. The van der Waals surface area contributed by atoms with E-state index in [9.17, 15) is 14.7 Å². The summed E-state index contributed by atoms with van der Waals surface area (Å²) in [6.45, 7) is 5.26. The number of amides is 1. The van der Waals surface area contributed by atoms with Crippen molar-refractivity contribution in [2.75, 3.05) is 5.75 Å². The largest absolute Gasteiger partial charge is 0.480 e. The van der Waals surface area contributed by atoms with E-state index in [1.54, 1.807) is 27.0 Å². The molecule has 0 fully saturated rings. The van der Waals surface area contributed by atoms with Gasteiger partial charge in [0.15, 0.2) is 6.04 Å². The number of nitrogens with zero attached hydrogens (tertiary/aromatic N) is 2. The van der Waals surface area contributed by atoms with Crippen molar-refractivity contribution >= 4 is 24.1 Å². The highest BCUT2D eigenvalue weighted by Crippen LogP contribution is 2.17. The molecular weight excluding hydrogens is 292 g/mol. The maximum absolute atomic E-state index is 11.3. The lowest BCUT2D eigenvalue weighted by Crippen LogP contribution is -2.46. The Hall–Kier alpha value is -1.60. The molecule has 0 unspecified atom stereocenters. The predicted octanol–water partition coefficient (Wildman–Crippen LogP) is 1.96. The lowest BCUT2D eigenvalue weighted by atomic mass is 10.2. The number of hydrogen-bond donors (Lipinski definition) is 1. The molecule has 0 saturated heterocycles. The number of thioether (sulfide) groups is 1. The van der Waals surface area contributed by atoms with E-state index in [0.29, 0.717) is 12.2 Å². The molecule has 1 aromatic rings. The molecule has 1 amide bonds. The maximum Gasteiger partial charge on any atom is 0.329 e. The van der Waals surface area contributed by atoms with Crippen LogP contribution >= 0.6 is 11.8 Å². The van der Waals surface area contributed by atoms with E-state index >= 15 is 0 Å². The van der Waals surface area contributed by atoms with Crippen molar-refractivity contribution < 1.29 is 19.5 Å². The maximum atomic E-state index is 11.3. The third kappa shape index (κ3) is 6.59. The van der Waals surface area contributed by atoms with Gasteiger partial charge in [-0.2, -0.15) is 11.8 Å². The van der Waals surface area contributed by atoms with E-state index in [-0.39, 0.29) is 5.75 Å². The number of hydroxylamine groups is 2. The molecule has 1 rings (SSSR count). The van der Waals surface area contributed by atoms with Gasteiger partial charge in [0, 0.05) is 17.7 Å². The Morgan fingerprint density at radius 3 is 2.71 bits per heavy atom. The molecule has 0 aliphatic carbocycles. The zero-order chi connectivity index (χ0) is 15.9. The van der Waals surface area contributed by atoms with Gasteiger partial charge >= 0.3 is 5.97 Å². The Bertz CT molecular complexity index is 462. The van der Waals surface area contributed by atoms with Crippen LogP contribution in [0.4, 0.5) is 0 Å². The number of carbonyl (C=O) groups is 2. The molecule has 1 aromatic heterocycles. The molecule has 0 saturated carbocycles. The Kier molecular flexibility index (Phi) is 6.64. The first-order valence-electron chi connectivity index (χ1n) is 6.46. The molecule has 0 aliphatic rings. The highest BCUT2D eigenvalue weighted by molar-refractivity contribution is 7.98. The highest BCUT2D eigenvalue weighted by atomic mass is 32.2. The lowest BCUT2D eigenvalue weighted by Gasteiger charge is -2.30. The van der Waals surface area contributed by atoms with E-state index in [0.717, 1.165) is 10.8 Å². The summed E-state index contributed by atoms with van der Waals surface area (Å²) in [6.07, 6.45) is 2.09. The summed E-state index contributed by atoms with van der Waals surface area (Å²) in [4.78, 5) is 31.9. The van der Waals surface area contributed by atoms with E-state index in [2.05, 4.69) is 4.98 Å². The summed E-state index contributed by atoms with van der Waals surface area (Å²) in [6, 6.07) is 4.53. The number of hydrogen-bond acceptors (Lipinski definition) is 5. The third-order valence-corrected chi connectivity index (χ3v) is 3.38. The lowest BCUT2D eigenvalue weighted by molar-refractivity contribution is -0.231. The minimum atomic E-state index is -1.10. The third-order valence-electron chi connectivity index (χ3n) is 2.33. The van der Waals surface area contributed by atoms with Gasteiger partial charge in [-0.05, 0) is 32.9 Å². The van der Waals surface area contributed by atoms with Gasteiger partial charge < -0.3 is 5.11 Å². The fourth-order valence-electron chi connectivity index (χ4n) is 1.49. The monoisotopic (exact) mass is 312 g/mol. The second-order valence-electron chi connectivity index (χ2n) is 5.36. The molecule has 1 N–H and O–H groups in total. The summed E-state index contributed by atoms with van der Waals surface area (Å²) >= 11 is 1.39. The average Bonchev–Trinajstić information content (AvgIpc) is 2.41. The van der Waals surface area contributed by atoms with Gasteiger partial charge in [0.2, 0.25) is 6.41 Å². The molecule has 0 aliphatic heterocycles. The molecule has 7 heteroatoms. The molecule has 6 nitrogen and oxygen atoms in total. The van der Waals surface area contributed by atoms with E-state index in [1.807, 2.05) is 18.2 Å². The summed E-state index contributed by atoms with van der Waals surface area (Å²) in [5.41, 5.74) is 0.223. The van der Waals surface area contributed by atoms with Crippen molar-refractivity contribution in [3.8, 4) is 0 Å². The van der Waals surface area contributed by atoms with Crippen LogP contribution in [0.15, 0.2) is 24.4 Å². The summed E-state index contributed by atoms with van der Waals surface area (Å²) < 4.78 is 0. The zero-order valence-electron chi connectivity index (χ0n) is 12.4. The summed E-state index contributed by atoms with van der Waals surface area (Å²) in [7, 11) is 0. The highest BCUT2D eigenvalue weighted by Gasteiger charge is 2.29. The van der Waals surface area contributed by atoms with E-state index in [1.165, 1.54) is 11.8 Å². The topological polar surface area (TPSA) is 79.7 Å². The van der Waals surface area contributed by atoms with Crippen molar-refractivity contribution in [2.45, 2.75) is 38.2 Å². The van der Waals surface area contributed by atoms with Crippen molar-refractivity contribution in [3.05, 3.63) is 30.1 Å². The molecule has 0 spiro atoms. The van der Waals surface area contributed by atoms with Crippen LogP contribution < -0.4 is 0 Å². The number of rotatable bonds is 8. The van der Waals surface area contributed by atoms with Crippen molar-refractivity contribution in [3.63, 3.8) is 0 Å². The second-order valence-corrected chi connectivity index (χ2v) is 6.39. The Balaban J connectivity index is 2.60. The van der Waals surface area contributed by atoms with Crippen LogP contribution in [0.3, 0.4) is 0 Å². The van der Waals surface area contributed by atoms with Crippen LogP contribution in [-0.4, -0.2) is 44.9 Å². The van der Waals surface area contributed by atoms with Crippen LogP contribution in [0.25, 0.3) is 0 Å². The molecule has 1 heterocycles. The van der Waals surface area contributed by atoms with Crippen molar-refractivity contribution in [1.29, 1.82) is 0 Å². The van der Waals surface area contributed by atoms with E-state index in [4.69, 9.17) is 4.84 Å².